The summed E-state index contributed by atoms with van der Waals surface area (Å²) in [6, 6.07) is 61.3. The van der Waals surface area contributed by atoms with E-state index in [-0.39, 0.29) is 0 Å². The summed E-state index contributed by atoms with van der Waals surface area (Å²) in [5.74, 6) is 1.16. The number of aryl methyl sites for hydroxylation is 1. The van der Waals surface area contributed by atoms with Crippen LogP contribution < -0.4 is 0 Å². The second-order valence-corrected chi connectivity index (χ2v) is 13.7. The summed E-state index contributed by atoms with van der Waals surface area (Å²) in [6.07, 6.45) is 0. The molecule has 8 rings (SSSR count). The van der Waals surface area contributed by atoms with E-state index in [1.807, 2.05) is 48.5 Å². The lowest BCUT2D eigenvalue weighted by atomic mass is 9.99. The minimum absolute atomic E-state index is 0.523. The van der Waals surface area contributed by atoms with Crippen LogP contribution in [-0.2, 0) is 13.6 Å². The molecule has 0 aliphatic heterocycles. The van der Waals surface area contributed by atoms with Gasteiger partial charge in [0, 0.05) is 49.8 Å². The Morgan fingerprint density at radius 3 is 1.96 bits per heavy atom. The van der Waals surface area contributed by atoms with Gasteiger partial charge in [-0.3, -0.25) is 4.99 Å². The normalized spacial score (nSPS) is 12.0. The van der Waals surface area contributed by atoms with Gasteiger partial charge < -0.3 is 4.57 Å². The van der Waals surface area contributed by atoms with Crippen molar-refractivity contribution in [3.05, 3.63) is 193 Å². The van der Waals surface area contributed by atoms with E-state index in [2.05, 4.69) is 151 Å². The molecule has 0 saturated heterocycles. The molecule has 0 aliphatic carbocycles. The summed E-state index contributed by atoms with van der Waals surface area (Å²) >= 11 is 1.80. The first kappa shape index (κ1) is 32.9. The molecule has 52 heavy (non-hydrogen) atoms. The maximum atomic E-state index is 4.93. The van der Waals surface area contributed by atoms with Crippen LogP contribution in [0.4, 0.5) is 0 Å². The van der Waals surface area contributed by atoms with Crippen LogP contribution >= 0.6 is 11.8 Å². The topological polar surface area (TPSA) is 42.0 Å². The average Bonchev–Trinajstić information content (AvgIpc) is 3.50. The van der Waals surface area contributed by atoms with Crippen molar-refractivity contribution in [3.8, 4) is 22.3 Å². The zero-order valence-electron chi connectivity index (χ0n) is 28.9. The molecular weight excluding hydrogens is 653 g/mol. The lowest BCUT2D eigenvalue weighted by Crippen LogP contribution is -2.05. The van der Waals surface area contributed by atoms with Gasteiger partial charge in [0.1, 0.15) is 0 Å². The van der Waals surface area contributed by atoms with Crippen molar-refractivity contribution in [2.24, 2.45) is 22.0 Å². The number of fused-ring (bicyclic) bond motifs is 3. The van der Waals surface area contributed by atoms with Crippen LogP contribution in [0.1, 0.15) is 16.7 Å². The van der Waals surface area contributed by atoms with Crippen LogP contribution in [0, 0.1) is 0 Å². The van der Waals surface area contributed by atoms with Crippen molar-refractivity contribution in [3.63, 3.8) is 0 Å². The van der Waals surface area contributed by atoms with E-state index in [1.54, 1.807) is 11.8 Å². The lowest BCUT2D eigenvalue weighted by molar-refractivity contribution is 1.01. The fourth-order valence-electron chi connectivity index (χ4n) is 6.71. The lowest BCUT2D eigenvalue weighted by Gasteiger charge is -2.12. The molecular formula is C47H36N4S. The van der Waals surface area contributed by atoms with Crippen molar-refractivity contribution in [2.75, 3.05) is 0 Å². The number of aromatic nitrogens is 1. The average molecular weight is 689 g/mol. The molecule has 0 spiro atoms. The van der Waals surface area contributed by atoms with Gasteiger partial charge in [0.2, 0.25) is 0 Å². The highest BCUT2D eigenvalue weighted by Crippen LogP contribution is 2.41. The van der Waals surface area contributed by atoms with E-state index in [9.17, 15) is 0 Å². The Bertz CT molecular complexity index is 2570. The molecule has 0 N–H and O–H groups in total. The van der Waals surface area contributed by atoms with E-state index in [4.69, 9.17) is 9.98 Å². The number of amidine groups is 2. The number of nitrogens with zero attached hydrogens (tertiary/aromatic N) is 4. The van der Waals surface area contributed by atoms with Gasteiger partial charge in [-0.2, -0.15) is 0 Å². The van der Waals surface area contributed by atoms with Crippen LogP contribution in [0.5, 0.6) is 0 Å². The first-order chi connectivity index (χ1) is 25.7. The van der Waals surface area contributed by atoms with Crippen molar-refractivity contribution in [1.82, 2.24) is 4.57 Å². The minimum Gasteiger partial charge on any atom is -0.343 e. The predicted molar refractivity (Wildman–Crippen MR) is 221 cm³/mol. The molecule has 0 unspecified atom stereocenters. The highest BCUT2D eigenvalue weighted by Gasteiger charge is 2.16. The molecule has 8 aromatic rings. The molecule has 5 heteroatoms. The fraction of sp³-hybridized carbons (Fsp3) is 0.0426. The molecule has 7 aromatic carbocycles. The number of hydrogen-bond donors (Lipinski definition) is 0. The third-order valence-electron chi connectivity index (χ3n) is 9.29. The van der Waals surface area contributed by atoms with E-state index in [0.29, 0.717) is 18.2 Å². The summed E-state index contributed by atoms with van der Waals surface area (Å²) in [5.41, 5.74) is 10.1. The smallest absolute Gasteiger partial charge is 0.161 e. The third-order valence-corrected chi connectivity index (χ3v) is 10.4. The molecule has 0 amide bonds. The Morgan fingerprint density at radius 1 is 0.577 bits per heavy atom. The molecule has 0 saturated carbocycles. The van der Waals surface area contributed by atoms with Gasteiger partial charge in [-0.25, -0.2) is 9.98 Å². The van der Waals surface area contributed by atoms with Crippen molar-refractivity contribution >= 4 is 52.0 Å². The largest absolute Gasteiger partial charge is 0.343 e. The first-order valence-corrected chi connectivity index (χ1v) is 18.1. The summed E-state index contributed by atoms with van der Waals surface area (Å²) < 4.78 is 2.33. The minimum atomic E-state index is 0.523. The second-order valence-electron chi connectivity index (χ2n) is 12.6. The Kier molecular flexibility index (Phi) is 9.42. The molecule has 1 heterocycles. The van der Waals surface area contributed by atoms with Crippen LogP contribution in [0.3, 0.4) is 0 Å². The van der Waals surface area contributed by atoms with E-state index >= 15 is 0 Å². The highest BCUT2D eigenvalue weighted by molar-refractivity contribution is 7.99. The van der Waals surface area contributed by atoms with Crippen LogP contribution in [0.15, 0.2) is 201 Å². The zero-order chi connectivity index (χ0) is 35.3. The summed E-state index contributed by atoms with van der Waals surface area (Å²) in [4.78, 5) is 16.6. The first-order valence-electron chi connectivity index (χ1n) is 17.3. The second kappa shape index (κ2) is 14.9. The Hall–Kier alpha value is -6.30. The number of rotatable bonds is 8. The summed E-state index contributed by atoms with van der Waals surface area (Å²) in [7, 11) is 2.17. The Balaban J connectivity index is 1.13. The van der Waals surface area contributed by atoms with Crippen LogP contribution in [0.25, 0.3) is 44.1 Å². The number of aliphatic imine (C=N–C) groups is 3. The molecule has 1 aromatic heterocycles. The molecule has 4 nitrogen and oxygen atoms in total. The van der Waals surface area contributed by atoms with Gasteiger partial charge in [-0.1, -0.05) is 157 Å². The van der Waals surface area contributed by atoms with Gasteiger partial charge in [0.15, 0.2) is 11.7 Å². The number of benzene rings is 7. The molecule has 0 atom stereocenters. The van der Waals surface area contributed by atoms with Gasteiger partial charge in [0.25, 0.3) is 0 Å². The fourth-order valence-corrected chi connectivity index (χ4v) is 7.69. The van der Waals surface area contributed by atoms with E-state index in [0.717, 1.165) is 27.8 Å². The SMILES string of the molecule is C=NC(=NC(=NCc1ccccc1)c1ccccc1)c1ccc(-c2ccc3c(c2)c2cccc(-c4ccccc4Sc4ccccc4)c2n3C)cc1. The van der Waals surface area contributed by atoms with E-state index in [1.165, 1.54) is 42.7 Å². The Morgan fingerprint density at radius 2 is 1.21 bits per heavy atom. The number of para-hydroxylation sites is 1. The maximum Gasteiger partial charge on any atom is 0.161 e. The molecule has 0 radical (unpaired) electrons. The quantitative estimate of drug-likeness (QED) is 0.116. The third kappa shape index (κ3) is 6.74. The Labute approximate surface area is 308 Å². The number of hydrogen-bond acceptors (Lipinski definition) is 2. The molecule has 0 fully saturated rings. The summed E-state index contributed by atoms with van der Waals surface area (Å²) in [5, 5.41) is 2.47. The predicted octanol–water partition coefficient (Wildman–Crippen LogP) is 11.9. The zero-order valence-corrected chi connectivity index (χ0v) is 29.7. The monoisotopic (exact) mass is 688 g/mol. The van der Waals surface area contributed by atoms with Gasteiger partial charge in [0.05, 0.1) is 12.1 Å². The van der Waals surface area contributed by atoms with Crippen LogP contribution in [0.2, 0.25) is 0 Å². The molecule has 250 valence electrons. The van der Waals surface area contributed by atoms with E-state index < -0.39 is 0 Å². The highest BCUT2D eigenvalue weighted by atomic mass is 32.2. The van der Waals surface area contributed by atoms with Gasteiger partial charge in [-0.15, -0.1) is 0 Å². The van der Waals surface area contributed by atoms with Gasteiger partial charge >= 0.3 is 0 Å². The summed E-state index contributed by atoms with van der Waals surface area (Å²) in [6.45, 7) is 4.39. The molecule has 0 aliphatic rings. The maximum absolute atomic E-state index is 4.93. The van der Waals surface area contributed by atoms with Gasteiger partial charge in [-0.05, 0) is 59.3 Å². The van der Waals surface area contributed by atoms with Crippen LogP contribution in [-0.4, -0.2) is 23.0 Å². The van der Waals surface area contributed by atoms with Crippen molar-refractivity contribution < 1.29 is 0 Å². The van der Waals surface area contributed by atoms with Crippen molar-refractivity contribution in [1.29, 1.82) is 0 Å². The standard InChI is InChI=1S/C47H36N4S/c1-48-46(50-47(35-17-8-4-9-18-35)49-32-33-15-6-3-7-16-33)36-27-25-34(26-28-36)37-29-30-43-42(31-37)41-23-14-22-40(45(41)51(43)2)39-21-12-13-24-44(39)52-38-19-10-5-11-20-38/h3-31H,1,32H2,2H3. The van der Waals surface area contributed by atoms with Crippen molar-refractivity contribution in [2.45, 2.75) is 16.3 Å². The molecule has 0 bridgehead atoms.